The van der Waals surface area contributed by atoms with Crippen molar-refractivity contribution in [1.29, 1.82) is 0 Å². The Morgan fingerprint density at radius 3 is 2.69 bits per heavy atom. The van der Waals surface area contributed by atoms with Crippen molar-refractivity contribution in [2.45, 2.75) is 0 Å². The normalized spacial score (nSPS) is 18.9. The molecule has 0 spiro atoms. The molecule has 1 aromatic rings. The number of benzene rings is 1. The van der Waals surface area contributed by atoms with E-state index in [1.807, 2.05) is 6.07 Å². The van der Waals surface area contributed by atoms with Crippen LogP contribution in [0.15, 0.2) is 24.3 Å². The molecule has 0 aliphatic carbocycles. The third-order valence-electron chi connectivity index (χ3n) is 3.03. The monoisotopic (exact) mass is 221 g/mol. The fourth-order valence-electron chi connectivity index (χ4n) is 1.90. The topological polar surface area (TPSA) is 6.48 Å². The van der Waals surface area contributed by atoms with E-state index in [1.165, 1.54) is 6.07 Å². The lowest BCUT2D eigenvalue weighted by Crippen LogP contribution is -2.44. The van der Waals surface area contributed by atoms with Crippen molar-refractivity contribution in [3.63, 3.8) is 0 Å². The zero-order chi connectivity index (χ0) is 11.4. The Bertz CT molecular complexity index is 332. The van der Waals surface area contributed by atoms with Gasteiger partial charge in [0.15, 0.2) is 0 Å². The van der Waals surface area contributed by atoms with E-state index in [4.69, 9.17) is 0 Å². The third-order valence-corrected chi connectivity index (χ3v) is 3.03. The summed E-state index contributed by atoms with van der Waals surface area (Å²) in [5, 5.41) is 0. The van der Waals surface area contributed by atoms with Crippen molar-refractivity contribution in [2.75, 3.05) is 39.8 Å². The van der Waals surface area contributed by atoms with E-state index in [9.17, 15) is 4.39 Å². The van der Waals surface area contributed by atoms with E-state index in [-0.39, 0.29) is 5.82 Å². The SMILES string of the molecule is CN1CCN(C[CH]c2cccc(F)c2)CC1. The minimum absolute atomic E-state index is 0.160. The highest BCUT2D eigenvalue weighted by molar-refractivity contribution is 5.23. The maximum atomic E-state index is 12.9. The van der Waals surface area contributed by atoms with E-state index in [0.29, 0.717) is 0 Å². The van der Waals surface area contributed by atoms with Crippen LogP contribution in [0.25, 0.3) is 0 Å². The van der Waals surface area contributed by atoms with Gasteiger partial charge in [-0.25, -0.2) is 4.39 Å². The molecule has 1 radical (unpaired) electrons. The quantitative estimate of drug-likeness (QED) is 0.765. The fourth-order valence-corrected chi connectivity index (χ4v) is 1.90. The summed E-state index contributed by atoms with van der Waals surface area (Å²) < 4.78 is 12.9. The lowest BCUT2D eigenvalue weighted by Gasteiger charge is -2.32. The van der Waals surface area contributed by atoms with Crippen LogP contribution in [-0.2, 0) is 0 Å². The van der Waals surface area contributed by atoms with Crippen molar-refractivity contribution in [2.24, 2.45) is 0 Å². The Labute approximate surface area is 96.7 Å². The summed E-state index contributed by atoms with van der Waals surface area (Å²) >= 11 is 0. The highest BCUT2D eigenvalue weighted by Gasteiger charge is 2.13. The summed E-state index contributed by atoms with van der Waals surface area (Å²) in [6.45, 7) is 5.36. The summed E-state index contributed by atoms with van der Waals surface area (Å²) in [4.78, 5) is 4.73. The molecule has 0 unspecified atom stereocenters. The molecule has 0 amide bonds. The number of piperazine rings is 1. The van der Waals surface area contributed by atoms with Gasteiger partial charge in [-0.05, 0) is 24.7 Å². The van der Waals surface area contributed by atoms with Gasteiger partial charge in [-0.2, -0.15) is 0 Å². The second-order valence-corrected chi connectivity index (χ2v) is 4.36. The first-order valence-electron chi connectivity index (χ1n) is 5.74. The van der Waals surface area contributed by atoms with Gasteiger partial charge >= 0.3 is 0 Å². The predicted molar refractivity (Wildman–Crippen MR) is 63.7 cm³/mol. The van der Waals surface area contributed by atoms with Gasteiger partial charge in [0.05, 0.1) is 0 Å². The molecule has 1 aliphatic rings. The average molecular weight is 221 g/mol. The van der Waals surface area contributed by atoms with Crippen LogP contribution in [-0.4, -0.2) is 49.6 Å². The molecule has 87 valence electrons. The second kappa shape index (κ2) is 5.41. The summed E-state index contributed by atoms with van der Waals surface area (Å²) in [6, 6.07) is 6.76. The maximum absolute atomic E-state index is 12.9. The van der Waals surface area contributed by atoms with Gasteiger partial charge in [-0.3, -0.25) is 0 Å². The lowest BCUT2D eigenvalue weighted by molar-refractivity contribution is 0.164. The Hall–Kier alpha value is -0.930. The van der Waals surface area contributed by atoms with E-state index in [2.05, 4.69) is 23.3 Å². The van der Waals surface area contributed by atoms with Crippen LogP contribution in [0.1, 0.15) is 5.56 Å². The number of nitrogens with zero attached hydrogens (tertiary/aromatic N) is 2. The summed E-state index contributed by atoms with van der Waals surface area (Å²) in [7, 11) is 2.15. The van der Waals surface area contributed by atoms with Crippen LogP contribution in [0, 0.1) is 12.2 Å². The van der Waals surface area contributed by atoms with E-state index >= 15 is 0 Å². The number of halogens is 1. The number of hydrogen-bond acceptors (Lipinski definition) is 2. The first-order chi connectivity index (χ1) is 7.74. The van der Waals surface area contributed by atoms with Gasteiger partial charge in [-0.15, -0.1) is 0 Å². The van der Waals surface area contributed by atoms with Gasteiger partial charge in [0, 0.05) is 39.1 Å². The van der Waals surface area contributed by atoms with Crippen molar-refractivity contribution in [1.82, 2.24) is 9.80 Å². The molecular formula is C13H18FN2. The molecule has 0 saturated carbocycles. The summed E-state index contributed by atoms with van der Waals surface area (Å²) in [5.74, 6) is -0.160. The largest absolute Gasteiger partial charge is 0.304 e. The van der Waals surface area contributed by atoms with Crippen molar-refractivity contribution < 1.29 is 4.39 Å². The summed E-state index contributed by atoms with van der Waals surface area (Å²) in [6.07, 6.45) is 2.09. The molecule has 2 nitrogen and oxygen atoms in total. The maximum Gasteiger partial charge on any atom is 0.123 e. The molecule has 0 N–H and O–H groups in total. The van der Waals surface area contributed by atoms with Gasteiger partial charge in [-0.1, -0.05) is 12.1 Å². The number of rotatable bonds is 3. The Morgan fingerprint density at radius 1 is 1.25 bits per heavy atom. The average Bonchev–Trinajstić information content (AvgIpc) is 2.28. The fraction of sp³-hybridized carbons (Fsp3) is 0.462. The molecule has 1 saturated heterocycles. The molecule has 1 fully saturated rings. The minimum atomic E-state index is -0.160. The van der Waals surface area contributed by atoms with Gasteiger partial charge < -0.3 is 9.80 Å². The Kier molecular flexibility index (Phi) is 3.91. The van der Waals surface area contributed by atoms with Gasteiger partial charge in [0.1, 0.15) is 5.82 Å². The van der Waals surface area contributed by atoms with Crippen LogP contribution in [0.2, 0.25) is 0 Å². The number of hydrogen-bond donors (Lipinski definition) is 0. The van der Waals surface area contributed by atoms with Crippen LogP contribution in [0.4, 0.5) is 4.39 Å². The van der Waals surface area contributed by atoms with Crippen LogP contribution in [0.5, 0.6) is 0 Å². The van der Waals surface area contributed by atoms with Gasteiger partial charge in [0.2, 0.25) is 0 Å². The molecule has 0 atom stereocenters. The lowest BCUT2D eigenvalue weighted by atomic mass is 10.1. The first-order valence-corrected chi connectivity index (χ1v) is 5.74. The van der Waals surface area contributed by atoms with E-state index in [1.54, 1.807) is 12.1 Å². The highest BCUT2D eigenvalue weighted by Crippen LogP contribution is 2.08. The van der Waals surface area contributed by atoms with Crippen LogP contribution < -0.4 is 0 Å². The van der Waals surface area contributed by atoms with Crippen molar-refractivity contribution in [3.05, 3.63) is 42.1 Å². The Morgan fingerprint density at radius 2 is 2.00 bits per heavy atom. The molecule has 0 bridgehead atoms. The third kappa shape index (κ3) is 3.29. The van der Waals surface area contributed by atoms with Crippen molar-refractivity contribution >= 4 is 0 Å². The highest BCUT2D eigenvalue weighted by atomic mass is 19.1. The summed E-state index contributed by atoms with van der Waals surface area (Å²) in [5.41, 5.74) is 0.971. The molecule has 3 heteroatoms. The second-order valence-electron chi connectivity index (χ2n) is 4.36. The molecular weight excluding hydrogens is 203 g/mol. The van der Waals surface area contributed by atoms with Crippen LogP contribution >= 0.6 is 0 Å². The zero-order valence-corrected chi connectivity index (χ0v) is 9.69. The molecule has 2 rings (SSSR count). The van der Waals surface area contributed by atoms with Gasteiger partial charge in [0.25, 0.3) is 0 Å². The predicted octanol–water partition coefficient (Wildman–Crippen LogP) is 1.63. The Balaban J connectivity index is 1.79. The minimum Gasteiger partial charge on any atom is -0.304 e. The van der Waals surface area contributed by atoms with E-state index in [0.717, 1.165) is 38.3 Å². The zero-order valence-electron chi connectivity index (χ0n) is 9.69. The number of likely N-dealkylation sites (N-methyl/N-ethyl adjacent to an activating group) is 1. The van der Waals surface area contributed by atoms with Crippen molar-refractivity contribution in [3.8, 4) is 0 Å². The molecule has 1 heterocycles. The first kappa shape index (κ1) is 11.6. The smallest absolute Gasteiger partial charge is 0.123 e. The molecule has 1 aromatic carbocycles. The van der Waals surface area contributed by atoms with E-state index < -0.39 is 0 Å². The standard InChI is InChI=1S/C13H18FN2/c1-15-7-9-16(10-8-15)6-5-12-3-2-4-13(14)11-12/h2-5,11H,6-10H2,1H3. The van der Waals surface area contributed by atoms with Crippen LogP contribution in [0.3, 0.4) is 0 Å². The molecule has 16 heavy (non-hydrogen) atoms. The molecule has 0 aromatic heterocycles. The molecule has 1 aliphatic heterocycles.